The minimum atomic E-state index is -1.08. The summed E-state index contributed by atoms with van der Waals surface area (Å²) in [6.07, 6.45) is 6.30. The van der Waals surface area contributed by atoms with Crippen molar-refractivity contribution < 1.29 is 28.9 Å². The number of rotatable bonds is 4. The molecular weight excluding hydrogens is 376 g/mol. The minimum Gasteiger partial charge on any atom is -0.481 e. The number of nitrogens with zero attached hydrogens (tertiary/aromatic N) is 2. The number of carbonyl (C=O) groups excluding carboxylic acids is 1. The van der Waals surface area contributed by atoms with Crippen molar-refractivity contribution in [2.45, 2.75) is 19.8 Å². The van der Waals surface area contributed by atoms with Crippen LogP contribution in [0.4, 0.5) is 5.69 Å². The smallest absolute Gasteiger partial charge is 0.331 e. The van der Waals surface area contributed by atoms with Crippen LogP contribution in [-0.4, -0.2) is 34.3 Å². The molecule has 1 unspecified atom stereocenters. The molecule has 1 aliphatic heterocycles. The average molecular weight is 393 g/mol. The number of hydrogen-bond acceptors (Lipinski definition) is 5. The Balaban J connectivity index is 0.000000194. The quantitative estimate of drug-likeness (QED) is 0.813. The van der Waals surface area contributed by atoms with E-state index in [9.17, 15) is 14.4 Å². The molecule has 3 rings (SSSR count). The van der Waals surface area contributed by atoms with Crippen LogP contribution in [0.5, 0.6) is 5.75 Å². The predicted octanol–water partition coefficient (Wildman–Crippen LogP) is 2.99. The molecule has 1 aromatic carbocycles. The van der Waals surface area contributed by atoms with Crippen LogP contribution < -0.4 is 9.30 Å². The number of allylic oxidation sites excluding steroid dienone is 2. The van der Waals surface area contributed by atoms with Gasteiger partial charge >= 0.3 is 11.9 Å². The van der Waals surface area contributed by atoms with Crippen LogP contribution in [0, 0.1) is 5.41 Å². The summed E-state index contributed by atoms with van der Waals surface area (Å²) in [6, 6.07) is 6.95. The van der Waals surface area contributed by atoms with Crippen molar-refractivity contribution >= 4 is 41.6 Å². The molecule has 0 aromatic heterocycles. The highest BCUT2D eigenvalue weighted by molar-refractivity contribution is 6.10. The summed E-state index contributed by atoms with van der Waals surface area (Å²) in [6.45, 7) is 1.50. The van der Waals surface area contributed by atoms with Crippen LogP contribution in [0.2, 0.25) is 0 Å². The Labute approximate surface area is 160 Å². The zero-order valence-corrected chi connectivity index (χ0v) is 15.1. The first kappa shape index (κ1) is 20.2. The molecule has 0 radical (unpaired) electrons. The summed E-state index contributed by atoms with van der Waals surface area (Å²) in [4.78, 5) is 32.7. The molecule has 9 heteroatoms. The fourth-order valence-corrected chi connectivity index (χ4v) is 2.56. The fraction of sp³-hybridized carbons (Fsp3) is 0.222. The molecular formula is C18H17ClN2O6. The van der Waals surface area contributed by atoms with E-state index in [1.807, 2.05) is 0 Å². The third-order valence-electron chi connectivity index (χ3n) is 3.96. The first-order chi connectivity index (χ1) is 12.8. The van der Waals surface area contributed by atoms with Gasteiger partial charge in [-0.2, -0.15) is 10.1 Å². The Morgan fingerprint density at radius 3 is 2.56 bits per heavy atom. The zero-order chi connectivity index (χ0) is 20.0. The number of anilines is 1. The van der Waals surface area contributed by atoms with Gasteiger partial charge in [-0.3, -0.25) is 9.59 Å². The van der Waals surface area contributed by atoms with Crippen LogP contribution in [0.3, 0.4) is 0 Å². The first-order valence-electron chi connectivity index (χ1n) is 7.86. The van der Waals surface area contributed by atoms with Gasteiger partial charge in [0.1, 0.15) is 17.6 Å². The van der Waals surface area contributed by atoms with Crippen molar-refractivity contribution in [2.24, 2.45) is 10.5 Å². The lowest BCUT2D eigenvalue weighted by atomic mass is 9.80. The number of benzene rings is 1. The van der Waals surface area contributed by atoms with Crippen LogP contribution in [-0.2, 0) is 14.4 Å². The van der Waals surface area contributed by atoms with Gasteiger partial charge < -0.3 is 14.5 Å². The van der Waals surface area contributed by atoms with E-state index in [-0.39, 0.29) is 17.9 Å². The van der Waals surface area contributed by atoms with Gasteiger partial charge in [-0.15, -0.1) is 0 Å². The third-order valence-corrected chi connectivity index (χ3v) is 4.12. The highest BCUT2D eigenvalue weighted by Crippen LogP contribution is 2.31. The normalized spacial score (nSPS) is 20.6. The SMILES string of the molecule is CC1(C(=O)O)C=CC=C(C(=O)O)C1.O=C1CC=NN1c1ccccc1OCl. The lowest BCUT2D eigenvalue weighted by Gasteiger charge is -2.23. The molecule has 1 aromatic rings. The molecule has 0 spiro atoms. The van der Waals surface area contributed by atoms with Crippen molar-refractivity contribution in [3.8, 4) is 5.75 Å². The maximum absolute atomic E-state index is 11.3. The molecule has 1 heterocycles. The molecule has 1 amide bonds. The zero-order valence-electron chi connectivity index (χ0n) is 14.3. The lowest BCUT2D eigenvalue weighted by molar-refractivity contribution is -0.145. The topological polar surface area (TPSA) is 116 Å². The van der Waals surface area contributed by atoms with Gasteiger partial charge in [0.05, 0.1) is 11.8 Å². The molecule has 2 N–H and O–H groups in total. The molecule has 1 aliphatic carbocycles. The van der Waals surface area contributed by atoms with Gasteiger partial charge in [0.2, 0.25) is 0 Å². The molecule has 8 nitrogen and oxygen atoms in total. The second-order valence-electron chi connectivity index (χ2n) is 6.01. The monoisotopic (exact) mass is 392 g/mol. The van der Waals surface area contributed by atoms with Crippen molar-refractivity contribution in [2.75, 3.05) is 5.01 Å². The summed E-state index contributed by atoms with van der Waals surface area (Å²) in [5.41, 5.74) is -0.392. The van der Waals surface area contributed by atoms with Crippen molar-refractivity contribution in [1.29, 1.82) is 0 Å². The number of halogens is 1. The highest BCUT2D eigenvalue weighted by Gasteiger charge is 2.34. The van der Waals surface area contributed by atoms with Crippen molar-refractivity contribution in [3.05, 3.63) is 48.1 Å². The largest absolute Gasteiger partial charge is 0.481 e. The second-order valence-corrected chi connectivity index (χ2v) is 6.16. The van der Waals surface area contributed by atoms with E-state index >= 15 is 0 Å². The molecule has 27 heavy (non-hydrogen) atoms. The molecule has 0 saturated carbocycles. The van der Waals surface area contributed by atoms with E-state index in [1.165, 1.54) is 30.2 Å². The maximum Gasteiger partial charge on any atom is 0.331 e. The average Bonchev–Trinajstić information content (AvgIpc) is 3.08. The molecule has 0 bridgehead atoms. The highest BCUT2D eigenvalue weighted by atomic mass is 35.5. The lowest BCUT2D eigenvalue weighted by Crippen LogP contribution is -2.28. The predicted molar refractivity (Wildman–Crippen MR) is 98.7 cm³/mol. The van der Waals surface area contributed by atoms with Crippen LogP contribution in [0.25, 0.3) is 0 Å². The summed E-state index contributed by atoms with van der Waals surface area (Å²) in [5, 5.41) is 22.7. The number of aliphatic carboxylic acids is 2. The van der Waals surface area contributed by atoms with Gasteiger partial charge in [0.15, 0.2) is 5.75 Å². The Morgan fingerprint density at radius 2 is 2.00 bits per heavy atom. The van der Waals surface area contributed by atoms with Gasteiger partial charge in [0.25, 0.3) is 5.91 Å². The Morgan fingerprint density at radius 1 is 1.30 bits per heavy atom. The molecule has 2 aliphatic rings. The molecule has 0 fully saturated rings. The van der Waals surface area contributed by atoms with E-state index in [2.05, 4.69) is 9.39 Å². The summed E-state index contributed by atoms with van der Waals surface area (Å²) in [7, 11) is 0. The third kappa shape index (κ3) is 4.73. The molecule has 0 saturated heterocycles. The summed E-state index contributed by atoms with van der Waals surface area (Å²) < 4.78 is 4.61. The van der Waals surface area contributed by atoms with Gasteiger partial charge in [-0.05, 0) is 25.5 Å². The van der Waals surface area contributed by atoms with E-state index < -0.39 is 17.4 Å². The molecule has 142 valence electrons. The Bertz CT molecular complexity index is 848. The van der Waals surface area contributed by atoms with Gasteiger partial charge in [-0.1, -0.05) is 30.4 Å². The van der Waals surface area contributed by atoms with Gasteiger partial charge in [-0.25, -0.2) is 4.79 Å². The second kappa shape index (κ2) is 8.50. The van der Waals surface area contributed by atoms with Crippen molar-refractivity contribution in [1.82, 2.24) is 0 Å². The fourth-order valence-electron chi connectivity index (χ4n) is 2.43. The molecule has 1 atom stereocenters. The van der Waals surface area contributed by atoms with E-state index in [0.717, 1.165) is 0 Å². The van der Waals surface area contributed by atoms with E-state index in [0.29, 0.717) is 17.9 Å². The van der Waals surface area contributed by atoms with E-state index in [4.69, 9.17) is 22.1 Å². The van der Waals surface area contributed by atoms with E-state index in [1.54, 1.807) is 30.5 Å². The summed E-state index contributed by atoms with van der Waals surface area (Å²) >= 11 is 5.27. The van der Waals surface area contributed by atoms with Crippen LogP contribution >= 0.6 is 11.9 Å². The number of amides is 1. The number of hydrogen-bond donors (Lipinski definition) is 2. The number of carboxylic acids is 2. The maximum atomic E-state index is 11.3. The number of hydrazone groups is 1. The standard InChI is InChI=1S/C9H7ClN2O2.C9H10O4/c10-14-8-4-2-1-3-7(8)12-9(13)5-6-11-12;1-9(8(12)13)4-2-3-6(5-9)7(10)11/h1-4,6H,5H2;2-4H,5H2,1H3,(H,10,11)(H,12,13). The number of carboxylic acid groups (broad SMARTS) is 2. The van der Waals surface area contributed by atoms with Crippen molar-refractivity contribution in [3.63, 3.8) is 0 Å². The number of carbonyl (C=O) groups is 3. The minimum absolute atomic E-state index is 0.0359. The summed E-state index contributed by atoms with van der Waals surface area (Å²) in [5.74, 6) is -1.74. The van der Waals surface area contributed by atoms with Crippen LogP contribution in [0.15, 0.2) is 53.2 Å². The number of para-hydroxylation sites is 2. The van der Waals surface area contributed by atoms with Gasteiger partial charge in [0, 0.05) is 11.8 Å². The Hall–Kier alpha value is -3.13. The van der Waals surface area contributed by atoms with Crippen LogP contribution in [0.1, 0.15) is 19.8 Å². The Kier molecular flexibility index (Phi) is 6.36. The first-order valence-corrected chi connectivity index (χ1v) is 8.17.